The molecule has 0 saturated heterocycles. The second-order valence-electron chi connectivity index (χ2n) is 7.57. The zero-order chi connectivity index (χ0) is 20.1. The van der Waals surface area contributed by atoms with Crippen LogP contribution < -0.4 is 15.4 Å². The molecule has 0 bridgehead atoms. The standard InChI is InChI=1S/C22H21F2N3O/c1-22(2)12-27(16-7-5-4-6-15(16)25)21-17(28-3)9-8-14(20(21)22)13-10-18(23)26-19(24)11-13/h4-11H,12,25H2,1-3H3. The highest BCUT2D eigenvalue weighted by Crippen LogP contribution is 2.53. The summed E-state index contributed by atoms with van der Waals surface area (Å²) < 4.78 is 33.2. The first-order chi connectivity index (χ1) is 13.3. The number of hydrogen-bond acceptors (Lipinski definition) is 4. The highest BCUT2D eigenvalue weighted by Gasteiger charge is 2.40. The number of methoxy groups -OCH3 is 1. The molecule has 28 heavy (non-hydrogen) atoms. The average Bonchev–Trinajstić information content (AvgIpc) is 2.92. The van der Waals surface area contributed by atoms with Gasteiger partial charge < -0.3 is 15.4 Å². The Morgan fingerprint density at radius 3 is 2.39 bits per heavy atom. The maximum Gasteiger partial charge on any atom is 0.216 e. The Bertz CT molecular complexity index is 1050. The van der Waals surface area contributed by atoms with Gasteiger partial charge in [-0.25, -0.2) is 0 Å². The molecular weight excluding hydrogens is 360 g/mol. The number of nitrogens with two attached hydrogens (primary N) is 1. The molecule has 144 valence electrons. The van der Waals surface area contributed by atoms with Crippen molar-refractivity contribution < 1.29 is 13.5 Å². The van der Waals surface area contributed by atoms with Gasteiger partial charge in [-0.05, 0) is 34.9 Å². The minimum atomic E-state index is -0.848. The summed E-state index contributed by atoms with van der Waals surface area (Å²) in [5, 5.41) is 0. The molecule has 2 heterocycles. The number of ether oxygens (including phenoxy) is 1. The second-order valence-corrected chi connectivity index (χ2v) is 7.57. The van der Waals surface area contributed by atoms with E-state index in [1.54, 1.807) is 7.11 Å². The third-order valence-corrected chi connectivity index (χ3v) is 5.16. The van der Waals surface area contributed by atoms with Crippen LogP contribution in [0.2, 0.25) is 0 Å². The van der Waals surface area contributed by atoms with E-state index in [4.69, 9.17) is 10.5 Å². The highest BCUT2D eigenvalue weighted by molar-refractivity contribution is 5.89. The van der Waals surface area contributed by atoms with E-state index in [1.165, 1.54) is 12.1 Å². The molecule has 3 aromatic rings. The van der Waals surface area contributed by atoms with Crippen molar-refractivity contribution in [2.45, 2.75) is 19.3 Å². The number of anilines is 3. The molecule has 2 N–H and O–H groups in total. The lowest BCUT2D eigenvalue weighted by molar-refractivity contribution is 0.416. The van der Waals surface area contributed by atoms with E-state index < -0.39 is 11.9 Å². The van der Waals surface area contributed by atoms with Crippen LogP contribution in [-0.2, 0) is 5.41 Å². The summed E-state index contributed by atoms with van der Waals surface area (Å²) in [6, 6.07) is 13.8. The van der Waals surface area contributed by atoms with Crippen LogP contribution in [0.15, 0.2) is 48.5 Å². The van der Waals surface area contributed by atoms with Gasteiger partial charge in [0.15, 0.2) is 0 Å². The Balaban J connectivity index is 2.01. The van der Waals surface area contributed by atoms with Crippen molar-refractivity contribution in [3.8, 4) is 16.9 Å². The number of pyridine rings is 1. The Hall–Kier alpha value is -3.15. The number of rotatable bonds is 3. The molecule has 0 unspecified atom stereocenters. The van der Waals surface area contributed by atoms with Gasteiger partial charge in [-0.2, -0.15) is 13.8 Å². The number of halogens is 2. The SMILES string of the molecule is COc1ccc(-c2cc(F)nc(F)c2)c2c1N(c1ccccc1N)CC2(C)C. The summed E-state index contributed by atoms with van der Waals surface area (Å²) in [7, 11) is 1.61. The first kappa shape index (κ1) is 18.2. The molecule has 0 spiro atoms. The Morgan fingerprint density at radius 2 is 1.75 bits per heavy atom. The number of benzene rings is 2. The zero-order valence-electron chi connectivity index (χ0n) is 16.0. The predicted molar refractivity (Wildman–Crippen MR) is 107 cm³/mol. The first-order valence-corrected chi connectivity index (χ1v) is 8.99. The monoisotopic (exact) mass is 381 g/mol. The largest absolute Gasteiger partial charge is 0.495 e. The lowest BCUT2D eigenvalue weighted by atomic mass is 9.82. The average molecular weight is 381 g/mol. The number of fused-ring (bicyclic) bond motifs is 1. The van der Waals surface area contributed by atoms with E-state index in [-0.39, 0.29) is 5.41 Å². The van der Waals surface area contributed by atoms with Gasteiger partial charge in [-0.3, -0.25) is 0 Å². The maximum absolute atomic E-state index is 13.8. The van der Waals surface area contributed by atoms with Crippen molar-refractivity contribution in [3.63, 3.8) is 0 Å². The smallest absolute Gasteiger partial charge is 0.216 e. The summed E-state index contributed by atoms with van der Waals surface area (Å²) in [5.74, 6) is -1.01. The van der Waals surface area contributed by atoms with Gasteiger partial charge >= 0.3 is 0 Å². The van der Waals surface area contributed by atoms with E-state index >= 15 is 0 Å². The van der Waals surface area contributed by atoms with E-state index in [2.05, 4.69) is 23.7 Å². The van der Waals surface area contributed by atoms with Crippen LogP contribution in [-0.4, -0.2) is 18.6 Å². The Kier molecular flexibility index (Phi) is 4.22. The van der Waals surface area contributed by atoms with Crippen LogP contribution in [0.5, 0.6) is 5.75 Å². The second kappa shape index (κ2) is 6.48. The van der Waals surface area contributed by atoms with Gasteiger partial charge in [-0.15, -0.1) is 0 Å². The van der Waals surface area contributed by atoms with Crippen LogP contribution in [0.1, 0.15) is 19.4 Å². The molecule has 4 nitrogen and oxygen atoms in total. The molecule has 0 aliphatic carbocycles. The molecule has 2 aromatic carbocycles. The molecule has 0 amide bonds. The molecule has 1 aliphatic heterocycles. The normalized spacial score (nSPS) is 14.8. The lowest BCUT2D eigenvalue weighted by Gasteiger charge is -2.24. The van der Waals surface area contributed by atoms with Gasteiger partial charge in [0.1, 0.15) is 5.75 Å². The van der Waals surface area contributed by atoms with E-state index in [1.807, 2.05) is 36.4 Å². The molecule has 1 aromatic heterocycles. The van der Waals surface area contributed by atoms with Gasteiger partial charge in [-0.1, -0.05) is 32.0 Å². The summed E-state index contributed by atoms with van der Waals surface area (Å²) in [5.41, 5.74) is 10.5. The van der Waals surface area contributed by atoms with Crippen molar-refractivity contribution in [2.75, 3.05) is 24.3 Å². The number of nitrogens with zero attached hydrogens (tertiary/aromatic N) is 2. The molecular formula is C22H21F2N3O. The summed E-state index contributed by atoms with van der Waals surface area (Å²) in [6.07, 6.45) is 0. The van der Waals surface area contributed by atoms with Crippen molar-refractivity contribution in [1.29, 1.82) is 0 Å². The Labute approximate surface area is 162 Å². The first-order valence-electron chi connectivity index (χ1n) is 8.99. The molecule has 0 atom stereocenters. The van der Waals surface area contributed by atoms with Gasteiger partial charge in [0.05, 0.1) is 24.2 Å². The highest BCUT2D eigenvalue weighted by atomic mass is 19.1. The quantitative estimate of drug-likeness (QED) is 0.510. The van der Waals surface area contributed by atoms with E-state index in [9.17, 15) is 8.78 Å². The van der Waals surface area contributed by atoms with Crippen LogP contribution in [0.3, 0.4) is 0 Å². The van der Waals surface area contributed by atoms with Gasteiger partial charge in [0.2, 0.25) is 11.9 Å². The van der Waals surface area contributed by atoms with Crippen molar-refractivity contribution in [1.82, 2.24) is 4.98 Å². The van der Waals surface area contributed by atoms with Crippen LogP contribution >= 0.6 is 0 Å². The van der Waals surface area contributed by atoms with Crippen LogP contribution in [0, 0.1) is 11.9 Å². The fourth-order valence-corrected chi connectivity index (χ4v) is 4.04. The van der Waals surface area contributed by atoms with Crippen molar-refractivity contribution in [2.24, 2.45) is 0 Å². The van der Waals surface area contributed by atoms with Gasteiger partial charge in [0.25, 0.3) is 0 Å². The van der Waals surface area contributed by atoms with Crippen molar-refractivity contribution >= 4 is 17.1 Å². The fourth-order valence-electron chi connectivity index (χ4n) is 4.04. The third kappa shape index (κ3) is 2.85. The summed E-state index contributed by atoms with van der Waals surface area (Å²) in [6.45, 7) is 4.85. The van der Waals surface area contributed by atoms with E-state index in [0.717, 1.165) is 22.5 Å². The topological polar surface area (TPSA) is 51.4 Å². The summed E-state index contributed by atoms with van der Waals surface area (Å²) in [4.78, 5) is 5.32. The molecule has 0 fully saturated rings. The molecule has 1 aliphatic rings. The lowest BCUT2D eigenvalue weighted by Crippen LogP contribution is -2.25. The molecule has 0 radical (unpaired) electrons. The molecule has 0 saturated carbocycles. The molecule has 6 heteroatoms. The number of nitrogen functional groups attached to an aromatic ring is 1. The predicted octanol–water partition coefficient (Wildman–Crippen LogP) is 5.05. The fraction of sp³-hybridized carbons (Fsp3) is 0.227. The van der Waals surface area contributed by atoms with Crippen LogP contribution in [0.25, 0.3) is 11.1 Å². The molecule has 4 rings (SSSR count). The van der Waals surface area contributed by atoms with Gasteiger partial charge in [0, 0.05) is 24.1 Å². The number of aromatic nitrogens is 1. The summed E-state index contributed by atoms with van der Waals surface area (Å²) >= 11 is 0. The third-order valence-electron chi connectivity index (χ3n) is 5.16. The maximum atomic E-state index is 13.8. The number of hydrogen-bond donors (Lipinski definition) is 1. The zero-order valence-corrected chi connectivity index (χ0v) is 16.0. The minimum absolute atomic E-state index is 0.308. The van der Waals surface area contributed by atoms with Crippen molar-refractivity contribution in [3.05, 3.63) is 66.0 Å². The minimum Gasteiger partial charge on any atom is -0.495 e. The van der Waals surface area contributed by atoms with E-state index in [0.29, 0.717) is 23.5 Å². The Morgan fingerprint density at radius 1 is 1.07 bits per heavy atom. The number of para-hydroxylation sites is 2. The van der Waals surface area contributed by atoms with Crippen LogP contribution in [0.4, 0.5) is 25.8 Å².